The maximum Gasteiger partial charge on any atom is 0.126 e. The monoisotopic (exact) mass is 297 g/mol. The predicted octanol–water partition coefficient (Wildman–Crippen LogP) is 5.40. The molecular weight excluding hydrogens is 281 g/mol. The third kappa shape index (κ3) is 2.42. The molecule has 1 heterocycles. The lowest BCUT2D eigenvalue weighted by Crippen LogP contribution is -2.34. The Morgan fingerprint density at radius 1 is 1.05 bits per heavy atom. The van der Waals surface area contributed by atoms with Gasteiger partial charge in [-0.15, -0.1) is 11.3 Å². The molecule has 4 rings (SSSR count). The van der Waals surface area contributed by atoms with Crippen molar-refractivity contribution in [2.45, 2.75) is 24.8 Å². The highest BCUT2D eigenvalue weighted by Gasteiger charge is 2.31. The number of hydrogen-bond donors (Lipinski definition) is 1. The SMILES string of the molecule is Fc1ccccc1C1CC(Nc2ccc3sccc3c2)C1. The van der Waals surface area contributed by atoms with Crippen LogP contribution in [0.5, 0.6) is 0 Å². The summed E-state index contributed by atoms with van der Waals surface area (Å²) in [6.07, 6.45) is 2.01. The van der Waals surface area contributed by atoms with Crippen molar-refractivity contribution in [3.05, 3.63) is 65.3 Å². The molecule has 1 nitrogen and oxygen atoms in total. The Bertz CT molecular complexity index is 773. The Labute approximate surface area is 127 Å². The Hall–Kier alpha value is -1.87. The van der Waals surface area contributed by atoms with Crippen LogP contribution in [0.2, 0.25) is 0 Å². The summed E-state index contributed by atoms with van der Waals surface area (Å²) in [6.45, 7) is 0. The zero-order valence-electron chi connectivity index (χ0n) is 11.6. The molecular formula is C18H16FNS. The fourth-order valence-electron chi connectivity index (χ4n) is 3.09. The lowest BCUT2D eigenvalue weighted by molar-refractivity contribution is 0.363. The van der Waals surface area contributed by atoms with Gasteiger partial charge in [0.15, 0.2) is 0 Å². The van der Waals surface area contributed by atoms with E-state index < -0.39 is 0 Å². The minimum atomic E-state index is -0.0688. The van der Waals surface area contributed by atoms with Gasteiger partial charge in [0.25, 0.3) is 0 Å². The number of fused-ring (bicyclic) bond motifs is 1. The van der Waals surface area contributed by atoms with Gasteiger partial charge in [-0.25, -0.2) is 4.39 Å². The summed E-state index contributed by atoms with van der Waals surface area (Å²) in [7, 11) is 0. The van der Waals surface area contributed by atoms with Gasteiger partial charge in [-0.3, -0.25) is 0 Å². The third-order valence-electron chi connectivity index (χ3n) is 4.31. The number of hydrogen-bond acceptors (Lipinski definition) is 2. The van der Waals surface area contributed by atoms with Crippen molar-refractivity contribution in [2.75, 3.05) is 5.32 Å². The molecule has 1 aliphatic carbocycles. The molecule has 21 heavy (non-hydrogen) atoms. The highest BCUT2D eigenvalue weighted by molar-refractivity contribution is 7.17. The second-order valence-electron chi connectivity index (χ2n) is 5.70. The van der Waals surface area contributed by atoms with Crippen LogP contribution in [0, 0.1) is 5.82 Å². The van der Waals surface area contributed by atoms with Gasteiger partial charge in [-0.1, -0.05) is 18.2 Å². The molecule has 1 aliphatic rings. The first-order chi connectivity index (χ1) is 10.3. The molecule has 1 fully saturated rings. The molecule has 106 valence electrons. The van der Waals surface area contributed by atoms with Gasteiger partial charge < -0.3 is 5.32 Å². The van der Waals surface area contributed by atoms with Crippen molar-refractivity contribution < 1.29 is 4.39 Å². The first-order valence-corrected chi connectivity index (χ1v) is 8.16. The molecule has 0 spiro atoms. The molecule has 0 bridgehead atoms. The zero-order chi connectivity index (χ0) is 14.2. The predicted molar refractivity (Wildman–Crippen MR) is 87.6 cm³/mol. The average molecular weight is 297 g/mol. The van der Waals surface area contributed by atoms with E-state index in [9.17, 15) is 4.39 Å². The smallest absolute Gasteiger partial charge is 0.126 e. The number of nitrogens with one attached hydrogen (secondary N) is 1. The van der Waals surface area contributed by atoms with Crippen molar-refractivity contribution in [1.82, 2.24) is 0 Å². The van der Waals surface area contributed by atoms with E-state index in [4.69, 9.17) is 0 Å². The van der Waals surface area contributed by atoms with Gasteiger partial charge in [0.1, 0.15) is 5.82 Å². The van der Waals surface area contributed by atoms with E-state index >= 15 is 0 Å². The Morgan fingerprint density at radius 2 is 1.90 bits per heavy atom. The Kier molecular flexibility index (Phi) is 3.15. The van der Waals surface area contributed by atoms with Gasteiger partial charge in [-0.2, -0.15) is 0 Å². The van der Waals surface area contributed by atoms with Crippen LogP contribution < -0.4 is 5.32 Å². The summed E-state index contributed by atoms with van der Waals surface area (Å²) in [6, 6.07) is 16.2. The number of anilines is 1. The van der Waals surface area contributed by atoms with Gasteiger partial charge >= 0.3 is 0 Å². The molecule has 3 aromatic rings. The van der Waals surface area contributed by atoms with Crippen molar-refractivity contribution in [3.8, 4) is 0 Å². The molecule has 2 aromatic carbocycles. The van der Waals surface area contributed by atoms with Crippen LogP contribution in [0.25, 0.3) is 10.1 Å². The van der Waals surface area contributed by atoms with Crippen LogP contribution in [0.15, 0.2) is 53.9 Å². The second kappa shape index (κ2) is 5.15. The molecule has 1 aromatic heterocycles. The van der Waals surface area contributed by atoms with Gasteiger partial charge in [0, 0.05) is 16.4 Å². The molecule has 1 saturated carbocycles. The quantitative estimate of drug-likeness (QED) is 0.682. The number of thiophene rings is 1. The molecule has 0 saturated heterocycles. The van der Waals surface area contributed by atoms with Crippen LogP contribution in [0.4, 0.5) is 10.1 Å². The van der Waals surface area contributed by atoms with Crippen LogP contribution in [-0.2, 0) is 0 Å². The first-order valence-electron chi connectivity index (χ1n) is 7.28. The Balaban J connectivity index is 1.43. The summed E-state index contributed by atoms with van der Waals surface area (Å²) in [5.74, 6) is 0.286. The minimum Gasteiger partial charge on any atom is -0.382 e. The molecule has 0 aliphatic heterocycles. The molecule has 0 unspecified atom stereocenters. The minimum absolute atomic E-state index is 0.0688. The summed E-state index contributed by atoms with van der Waals surface area (Å²) >= 11 is 1.76. The third-order valence-corrected chi connectivity index (χ3v) is 5.20. The average Bonchev–Trinajstić information content (AvgIpc) is 2.91. The molecule has 0 atom stereocenters. The first kappa shape index (κ1) is 12.8. The van der Waals surface area contributed by atoms with E-state index in [0.717, 1.165) is 24.1 Å². The van der Waals surface area contributed by atoms with Crippen molar-refractivity contribution in [3.63, 3.8) is 0 Å². The fourth-order valence-corrected chi connectivity index (χ4v) is 3.86. The lowest BCUT2D eigenvalue weighted by atomic mass is 9.75. The molecule has 0 amide bonds. The lowest BCUT2D eigenvalue weighted by Gasteiger charge is -2.37. The molecule has 3 heteroatoms. The number of rotatable bonds is 3. The maximum absolute atomic E-state index is 13.7. The van der Waals surface area contributed by atoms with Crippen LogP contribution >= 0.6 is 11.3 Å². The highest BCUT2D eigenvalue weighted by atomic mass is 32.1. The van der Waals surface area contributed by atoms with E-state index in [-0.39, 0.29) is 5.82 Å². The van der Waals surface area contributed by atoms with Gasteiger partial charge in [-0.05, 0) is 65.4 Å². The Morgan fingerprint density at radius 3 is 2.76 bits per heavy atom. The van der Waals surface area contributed by atoms with Crippen LogP contribution in [0.3, 0.4) is 0 Å². The second-order valence-corrected chi connectivity index (χ2v) is 6.65. The van der Waals surface area contributed by atoms with E-state index in [0.29, 0.717) is 12.0 Å². The highest BCUT2D eigenvalue weighted by Crippen LogP contribution is 2.39. The summed E-state index contributed by atoms with van der Waals surface area (Å²) in [5, 5.41) is 6.97. The van der Waals surface area contributed by atoms with Crippen molar-refractivity contribution in [1.29, 1.82) is 0 Å². The largest absolute Gasteiger partial charge is 0.382 e. The maximum atomic E-state index is 13.7. The van der Waals surface area contributed by atoms with Gasteiger partial charge in [0.05, 0.1) is 0 Å². The van der Waals surface area contributed by atoms with Crippen LogP contribution in [0.1, 0.15) is 24.3 Å². The summed E-state index contributed by atoms with van der Waals surface area (Å²) in [4.78, 5) is 0. The van der Waals surface area contributed by atoms with E-state index in [1.54, 1.807) is 23.5 Å². The number of halogens is 1. The summed E-state index contributed by atoms with van der Waals surface area (Å²) in [5.41, 5.74) is 2.03. The van der Waals surface area contributed by atoms with Crippen LogP contribution in [-0.4, -0.2) is 6.04 Å². The topological polar surface area (TPSA) is 12.0 Å². The fraction of sp³-hybridized carbons (Fsp3) is 0.222. The summed E-state index contributed by atoms with van der Waals surface area (Å²) < 4.78 is 15.1. The van der Waals surface area contributed by atoms with E-state index in [1.165, 1.54) is 10.1 Å². The number of benzene rings is 2. The van der Waals surface area contributed by atoms with Crippen molar-refractivity contribution >= 4 is 27.1 Å². The molecule has 1 N–H and O–H groups in total. The molecule has 0 radical (unpaired) electrons. The normalized spacial score (nSPS) is 21.2. The van der Waals surface area contributed by atoms with Crippen molar-refractivity contribution in [2.24, 2.45) is 0 Å². The standard InChI is InChI=1S/C18H16FNS/c19-17-4-2-1-3-16(17)13-10-15(11-13)20-14-5-6-18-12(9-14)7-8-21-18/h1-9,13,15,20H,10-11H2. The van der Waals surface area contributed by atoms with E-state index in [2.05, 4.69) is 35.0 Å². The van der Waals surface area contributed by atoms with E-state index in [1.807, 2.05) is 12.1 Å². The van der Waals surface area contributed by atoms with Gasteiger partial charge in [0.2, 0.25) is 0 Å². The zero-order valence-corrected chi connectivity index (χ0v) is 12.4.